The van der Waals surface area contributed by atoms with E-state index >= 15 is 0 Å². The van der Waals surface area contributed by atoms with Gasteiger partial charge in [-0.3, -0.25) is 14.9 Å². The first-order valence-corrected chi connectivity index (χ1v) is 9.99. The number of likely N-dealkylation sites (tertiary alicyclic amines) is 1. The fourth-order valence-electron chi connectivity index (χ4n) is 3.74. The molecule has 0 radical (unpaired) electrons. The van der Waals surface area contributed by atoms with Crippen LogP contribution < -0.4 is 0 Å². The lowest BCUT2D eigenvalue weighted by Crippen LogP contribution is -2.38. The van der Waals surface area contributed by atoms with E-state index in [1.54, 1.807) is 35.3 Å². The van der Waals surface area contributed by atoms with Gasteiger partial charge in [0.2, 0.25) is 5.91 Å². The third kappa shape index (κ3) is 6.15. The Labute approximate surface area is 183 Å². The molecule has 0 bridgehead atoms. The van der Waals surface area contributed by atoms with Crippen molar-refractivity contribution in [3.63, 3.8) is 0 Å². The summed E-state index contributed by atoms with van der Waals surface area (Å²) in [6.07, 6.45) is 5.97. The first-order chi connectivity index (χ1) is 14.1. The second-order valence-electron chi connectivity index (χ2n) is 7.36. The SMILES string of the molecule is CN(C(=O)C/C=C/c1ccccc1[N+](=O)[O-])[C@H](CN1CCCC1)c1ccccc1.Cl. The molecule has 1 saturated heterocycles. The van der Waals surface area contributed by atoms with E-state index < -0.39 is 4.92 Å². The van der Waals surface area contributed by atoms with E-state index in [9.17, 15) is 14.9 Å². The minimum atomic E-state index is -0.408. The Morgan fingerprint density at radius 2 is 1.77 bits per heavy atom. The van der Waals surface area contributed by atoms with Crippen molar-refractivity contribution in [2.75, 3.05) is 26.7 Å². The minimum absolute atomic E-state index is 0. The number of para-hydroxylation sites is 1. The van der Waals surface area contributed by atoms with Gasteiger partial charge in [0, 0.05) is 26.1 Å². The van der Waals surface area contributed by atoms with Crippen LogP contribution in [0.25, 0.3) is 6.08 Å². The normalized spacial score (nSPS) is 15.0. The van der Waals surface area contributed by atoms with E-state index in [4.69, 9.17) is 0 Å². The van der Waals surface area contributed by atoms with Crippen LogP contribution in [-0.4, -0.2) is 47.3 Å². The van der Waals surface area contributed by atoms with Gasteiger partial charge in [0.1, 0.15) is 0 Å². The summed E-state index contributed by atoms with van der Waals surface area (Å²) in [4.78, 5) is 27.8. The molecule has 1 amide bonds. The van der Waals surface area contributed by atoms with Crippen molar-refractivity contribution in [1.29, 1.82) is 0 Å². The van der Waals surface area contributed by atoms with Crippen LogP contribution in [0, 0.1) is 10.1 Å². The molecule has 7 heteroatoms. The van der Waals surface area contributed by atoms with Gasteiger partial charge in [0.05, 0.1) is 16.5 Å². The predicted molar refractivity (Wildman–Crippen MR) is 122 cm³/mol. The van der Waals surface area contributed by atoms with Crippen molar-refractivity contribution < 1.29 is 9.72 Å². The third-order valence-electron chi connectivity index (χ3n) is 5.40. The lowest BCUT2D eigenvalue weighted by molar-refractivity contribution is -0.385. The first-order valence-electron chi connectivity index (χ1n) is 9.99. The first kappa shape index (κ1) is 23.6. The van der Waals surface area contributed by atoms with Crippen LogP contribution >= 0.6 is 12.4 Å². The van der Waals surface area contributed by atoms with Gasteiger partial charge in [-0.25, -0.2) is 0 Å². The molecule has 1 aliphatic rings. The molecule has 1 heterocycles. The van der Waals surface area contributed by atoms with Crippen LogP contribution in [0.3, 0.4) is 0 Å². The molecular formula is C23H28ClN3O3. The topological polar surface area (TPSA) is 66.7 Å². The van der Waals surface area contributed by atoms with Crippen LogP contribution in [0.1, 0.15) is 36.4 Å². The zero-order valence-electron chi connectivity index (χ0n) is 17.1. The number of nitrogens with zero attached hydrogens (tertiary/aromatic N) is 3. The highest BCUT2D eigenvalue weighted by molar-refractivity contribution is 5.85. The fourth-order valence-corrected chi connectivity index (χ4v) is 3.74. The lowest BCUT2D eigenvalue weighted by atomic mass is 10.0. The number of carbonyl (C=O) groups excluding carboxylic acids is 1. The number of halogens is 1. The van der Waals surface area contributed by atoms with E-state index in [1.807, 2.05) is 25.2 Å². The molecule has 6 nitrogen and oxygen atoms in total. The minimum Gasteiger partial charge on any atom is -0.337 e. The van der Waals surface area contributed by atoms with Gasteiger partial charge < -0.3 is 9.80 Å². The number of hydrogen-bond donors (Lipinski definition) is 0. The molecule has 0 unspecified atom stereocenters. The van der Waals surface area contributed by atoms with E-state index in [1.165, 1.54) is 18.9 Å². The van der Waals surface area contributed by atoms with Crippen molar-refractivity contribution in [2.24, 2.45) is 0 Å². The maximum absolute atomic E-state index is 12.9. The zero-order valence-corrected chi connectivity index (χ0v) is 18.0. The van der Waals surface area contributed by atoms with Gasteiger partial charge in [-0.15, -0.1) is 12.4 Å². The molecular weight excluding hydrogens is 402 g/mol. The predicted octanol–water partition coefficient (Wildman–Crippen LogP) is 4.72. The molecule has 0 N–H and O–H groups in total. The maximum atomic E-state index is 12.9. The monoisotopic (exact) mass is 429 g/mol. The van der Waals surface area contributed by atoms with Crippen molar-refractivity contribution in [1.82, 2.24) is 9.80 Å². The van der Waals surface area contributed by atoms with Crippen molar-refractivity contribution in [2.45, 2.75) is 25.3 Å². The number of benzene rings is 2. The van der Waals surface area contributed by atoms with Crippen molar-refractivity contribution in [3.8, 4) is 0 Å². The summed E-state index contributed by atoms with van der Waals surface area (Å²) in [5.41, 5.74) is 1.67. The van der Waals surface area contributed by atoms with Crippen LogP contribution in [0.5, 0.6) is 0 Å². The second-order valence-corrected chi connectivity index (χ2v) is 7.36. The summed E-state index contributed by atoms with van der Waals surface area (Å²) in [6.45, 7) is 2.96. The van der Waals surface area contributed by atoms with Crippen LogP contribution in [0.2, 0.25) is 0 Å². The second kappa shape index (κ2) is 11.5. The standard InChI is InChI=1S/C23H27N3O3.ClH/c1-24(22(18-25-16-7-8-17-25)20-10-3-2-4-11-20)23(27)15-9-13-19-12-5-6-14-21(19)26(28)29;/h2-6,9-14,22H,7-8,15-18H2,1H3;1H/b13-9+;/t22-;/m1./s1. The summed E-state index contributed by atoms with van der Waals surface area (Å²) in [5.74, 6) is -0.00659. The largest absolute Gasteiger partial charge is 0.337 e. The molecule has 1 atom stereocenters. The molecule has 2 aromatic carbocycles. The number of hydrogen-bond acceptors (Lipinski definition) is 4. The Morgan fingerprint density at radius 1 is 1.13 bits per heavy atom. The van der Waals surface area contributed by atoms with Crippen LogP contribution in [0.15, 0.2) is 60.7 Å². The molecule has 160 valence electrons. The Morgan fingerprint density at radius 3 is 2.43 bits per heavy atom. The Balaban J connectivity index is 0.00000320. The maximum Gasteiger partial charge on any atom is 0.276 e. The molecule has 0 aliphatic carbocycles. The number of rotatable bonds is 8. The number of carbonyl (C=O) groups is 1. The quantitative estimate of drug-likeness (QED) is 0.450. The molecule has 0 spiro atoms. The van der Waals surface area contributed by atoms with Crippen molar-refractivity contribution >= 4 is 30.1 Å². The Kier molecular flexibility index (Phi) is 9.02. The molecule has 1 fully saturated rings. The highest BCUT2D eigenvalue weighted by Crippen LogP contribution is 2.24. The van der Waals surface area contributed by atoms with Gasteiger partial charge in [-0.05, 0) is 37.6 Å². The Hall–Kier alpha value is -2.70. The molecule has 0 saturated carbocycles. The third-order valence-corrected chi connectivity index (χ3v) is 5.40. The van der Waals surface area contributed by atoms with E-state index in [-0.39, 0.29) is 36.5 Å². The molecule has 1 aliphatic heterocycles. The van der Waals surface area contributed by atoms with Gasteiger partial charge in [-0.1, -0.05) is 54.6 Å². The van der Waals surface area contributed by atoms with E-state index in [0.717, 1.165) is 25.2 Å². The number of nitro groups is 1. The van der Waals surface area contributed by atoms with E-state index in [2.05, 4.69) is 17.0 Å². The molecule has 2 aromatic rings. The highest BCUT2D eigenvalue weighted by Gasteiger charge is 2.25. The summed E-state index contributed by atoms with van der Waals surface area (Å²) >= 11 is 0. The van der Waals surface area contributed by atoms with E-state index in [0.29, 0.717) is 5.56 Å². The average Bonchev–Trinajstić information content (AvgIpc) is 3.25. The number of amides is 1. The fraction of sp³-hybridized carbons (Fsp3) is 0.348. The van der Waals surface area contributed by atoms with Crippen LogP contribution in [-0.2, 0) is 4.79 Å². The smallest absolute Gasteiger partial charge is 0.276 e. The van der Waals surface area contributed by atoms with Crippen molar-refractivity contribution in [3.05, 3.63) is 81.9 Å². The summed E-state index contributed by atoms with van der Waals surface area (Å²) in [6, 6.07) is 16.6. The van der Waals surface area contributed by atoms with Gasteiger partial charge in [-0.2, -0.15) is 0 Å². The van der Waals surface area contributed by atoms with Gasteiger partial charge in [0.15, 0.2) is 0 Å². The summed E-state index contributed by atoms with van der Waals surface area (Å²) in [5, 5.41) is 11.1. The lowest BCUT2D eigenvalue weighted by Gasteiger charge is -2.32. The van der Waals surface area contributed by atoms with Crippen LogP contribution in [0.4, 0.5) is 5.69 Å². The summed E-state index contributed by atoms with van der Waals surface area (Å²) < 4.78 is 0. The molecule has 30 heavy (non-hydrogen) atoms. The number of nitro benzene ring substituents is 1. The zero-order chi connectivity index (χ0) is 20.6. The Bertz CT molecular complexity index is 867. The molecule has 3 rings (SSSR count). The highest BCUT2D eigenvalue weighted by atomic mass is 35.5. The number of likely N-dealkylation sites (N-methyl/N-ethyl adjacent to an activating group) is 1. The summed E-state index contributed by atoms with van der Waals surface area (Å²) in [7, 11) is 1.84. The van der Waals surface area contributed by atoms with Gasteiger partial charge >= 0.3 is 0 Å². The molecule has 0 aromatic heterocycles. The average molecular weight is 430 g/mol. The van der Waals surface area contributed by atoms with Gasteiger partial charge in [0.25, 0.3) is 5.69 Å².